The van der Waals surface area contributed by atoms with E-state index >= 15 is 0 Å². The molecule has 2 N–H and O–H groups in total. The lowest BCUT2D eigenvalue weighted by Gasteiger charge is -2.21. The minimum atomic E-state index is -4.70. The van der Waals surface area contributed by atoms with Gasteiger partial charge in [0.2, 0.25) is 0 Å². The summed E-state index contributed by atoms with van der Waals surface area (Å²) in [5.74, 6) is -0.759. The molecule has 0 bridgehead atoms. The molecule has 1 aromatic heterocycles. The molecule has 3 aromatic rings. The molecule has 1 atom stereocenters. The fourth-order valence-electron chi connectivity index (χ4n) is 2.97. The average Bonchev–Trinajstić information content (AvgIpc) is 2.72. The first-order chi connectivity index (χ1) is 14.2. The number of hydrogen-bond donors (Lipinski definition) is 2. The predicted octanol–water partition coefficient (Wildman–Crippen LogP) is 4.94. The molecule has 0 radical (unpaired) electrons. The normalized spacial score (nSPS) is 12.4. The van der Waals surface area contributed by atoms with E-state index in [4.69, 9.17) is 0 Å². The van der Waals surface area contributed by atoms with Crippen molar-refractivity contribution in [1.82, 2.24) is 10.3 Å². The Morgan fingerprint density at radius 1 is 1.03 bits per heavy atom. The lowest BCUT2D eigenvalue weighted by Crippen LogP contribution is -2.34. The summed E-state index contributed by atoms with van der Waals surface area (Å²) in [6.45, 7) is 1.94. The highest BCUT2D eigenvalue weighted by Crippen LogP contribution is 2.28. The molecule has 8 heteroatoms. The summed E-state index contributed by atoms with van der Waals surface area (Å²) in [6, 6.07) is 16.1. The molecule has 1 unspecified atom stereocenters. The van der Waals surface area contributed by atoms with Gasteiger partial charge in [-0.3, -0.25) is 9.59 Å². The van der Waals surface area contributed by atoms with Gasteiger partial charge < -0.3 is 10.3 Å². The Kier molecular flexibility index (Phi) is 6.36. The SMILES string of the molecule is CSc1cccc(C(NC(=O)c2ccc(C(F)(F)F)[nH]c2=O)c2ccc(C)cc2)c1. The number of aryl methyl sites for hydroxylation is 1. The number of pyridine rings is 1. The van der Waals surface area contributed by atoms with Crippen LogP contribution in [0.2, 0.25) is 0 Å². The van der Waals surface area contributed by atoms with Crippen molar-refractivity contribution in [3.63, 3.8) is 0 Å². The minimum Gasteiger partial charge on any atom is -0.341 e. The van der Waals surface area contributed by atoms with E-state index in [1.165, 1.54) is 0 Å². The number of aromatic amines is 1. The van der Waals surface area contributed by atoms with E-state index in [1.807, 2.05) is 61.7 Å². The van der Waals surface area contributed by atoms with Gasteiger partial charge in [-0.15, -0.1) is 11.8 Å². The van der Waals surface area contributed by atoms with Crippen LogP contribution < -0.4 is 10.9 Å². The van der Waals surface area contributed by atoms with Crippen LogP contribution in [0, 0.1) is 6.92 Å². The molecule has 4 nitrogen and oxygen atoms in total. The zero-order chi connectivity index (χ0) is 21.9. The maximum Gasteiger partial charge on any atom is 0.431 e. The van der Waals surface area contributed by atoms with Crippen molar-refractivity contribution in [1.29, 1.82) is 0 Å². The van der Waals surface area contributed by atoms with Gasteiger partial charge in [-0.05, 0) is 48.6 Å². The molecule has 0 aliphatic heterocycles. The average molecular weight is 432 g/mol. The van der Waals surface area contributed by atoms with Gasteiger partial charge in [0.25, 0.3) is 11.5 Å². The van der Waals surface area contributed by atoms with E-state index in [2.05, 4.69) is 5.32 Å². The van der Waals surface area contributed by atoms with Crippen molar-refractivity contribution in [2.75, 3.05) is 6.26 Å². The first-order valence-corrected chi connectivity index (χ1v) is 10.2. The third kappa shape index (κ3) is 4.94. The number of amides is 1. The van der Waals surface area contributed by atoms with Crippen LogP contribution in [0.3, 0.4) is 0 Å². The van der Waals surface area contributed by atoms with Gasteiger partial charge in [0.05, 0.1) is 6.04 Å². The van der Waals surface area contributed by atoms with Crippen LogP contribution >= 0.6 is 11.8 Å². The zero-order valence-corrected chi connectivity index (χ0v) is 17.0. The number of H-pyrrole nitrogens is 1. The van der Waals surface area contributed by atoms with Crippen molar-refractivity contribution >= 4 is 17.7 Å². The second-order valence-electron chi connectivity index (χ2n) is 6.71. The first-order valence-electron chi connectivity index (χ1n) is 9.01. The monoisotopic (exact) mass is 432 g/mol. The summed E-state index contributed by atoms with van der Waals surface area (Å²) >= 11 is 1.55. The third-order valence-corrected chi connectivity index (χ3v) is 5.30. The van der Waals surface area contributed by atoms with E-state index < -0.39 is 29.4 Å². The number of rotatable bonds is 5. The molecule has 0 spiro atoms. The molecule has 0 saturated carbocycles. The number of nitrogens with one attached hydrogen (secondary N) is 2. The summed E-state index contributed by atoms with van der Waals surface area (Å²) in [5, 5.41) is 2.79. The Balaban J connectivity index is 1.98. The van der Waals surface area contributed by atoms with E-state index in [0.29, 0.717) is 6.07 Å². The maximum absolute atomic E-state index is 12.8. The van der Waals surface area contributed by atoms with Gasteiger partial charge in [-0.1, -0.05) is 42.0 Å². The molecule has 3 rings (SSSR count). The van der Waals surface area contributed by atoms with Crippen LogP contribution in [0.25, 0.3) is 0 Å². The predicted molar refractivity (Wildman–Crippen MR) is 111 cm³/mol. The highest BCUT2D eigenvalue weighted by Gasteiger charge is 2.32. The molecule has 30 heavy (non-hydrogen) atoms. The van der Waals surface area contributed by atoms with Crippen LogP contribution in [0.5, 0.6) is 0 Å². The highest BCUT2D eigenvalue weighted by molar-refractivity contribution is 7.98. The van der Waals surface area contributed by atoms with E-state index in [0.717, 1.165) is 27.7 Å². The number of halogens is 3. The lowest BCUT2D eigenvalue weighted by molar-refractivity contribution is -0.141. The van der Waals surface area contributed by atoms with Crippen molar-refractivity contribution in [3.8, 4) is 0 Å². The number of alkyl halides is 3. The number of thioether (sulfide) groups is 1. The highest BCUT2D eigenvalue weighted by atomic mass is 32.2. The molecular formula is C22H19F3N2O2S. The van der Waals surface area contributed by atoms with E-state index in [-0.39, 0.29) is 5.56 Å². The Hall–Kier alpha value is -3.00. The fourth-order valence-corrected chi connectivity index (χ4v) is 3.43. The molecular weight excluding hydrogens is 413 g/mol. The summed E-state index contributed by atoms with van der Waals surface area (Å²) in [4.78, 5) is 27.6. The summed E-state index contributed by atoms with van der Waals surface area (Å²) < 4.78 is 38.4. The van der Waals surface area contributed by atoms with Crippen molar-refractivity contribution in [2.24, 2.45) is 0 Å². The number of aromatic nitrogens is 1. The Bertz CT molecular complexity index is 1110. The smallest absolute Gasteiger partial charge is 0.341 e. The molecule has 0 aliphatic carbocycles. The molecule has 156 valence electrons. The quantitative estimate of drug-likeness (QED) is 0.561. The standard InChI is InChI=1S/C22H19F3N2O2S/c1-13-6-8-14(9-7-13)19(15-4-3-5-16(12-15)30-2)27-21(29)17-10-11-18(22(23,24)25)26-20(17)28/h3-12,19H,1-2H3,(H,26,28)(H,27,29). The van der Waals surface area contributed by atoms with Crippen molar-refractivity contribution in [2.45, 2.75) is 24.0 Å². The van der Waals surface area contributed by atoms with Gasteiger partial charge in [-0.25, -0.2) is 0 Å². The van der Waals surface area contributed by atoms with Gasteiger partial charge in [0, 0.05) is 4.90 Å². The molecule has 2 aromatic carbocycles. The van der Waals surface area contributed by atoms with Gasteiger partial charge in [0.15, 0.2) is 0 Å². The molecule has 1 heterocycles. The number of benzene rings is 2. The molecule has 0 aliphatic rings. The number of carbonyl (C=O) groups is 1. The van der Waals surface area contributed by atoms with Gasteiger partial charge >= 0.3 is 6.18 Å². The van der Waals surface area contributed by atoms with Gasteiger partial charge in [-0.2, -0.15) is 13.2 Å². The molecule has 0 saturated heterocycles. The van der Waals surface area contributed by atoms with Crippen LogP contribution in [-0.2, 0) is 6.18 Å². The summed E-state index contributed by atoms with van der Waals surface area (Å²) in [6.07, 6.45) is -2.77. The Morgan fingerprint density at radius 2 is 1.73 bits per heavy atom. The van der Waals surface area contributed by atoms with Crippen molar-refractivity contribution < 1.29 is 18.0 Å². The van der Waals surface area contributed by atoms with Crippen LogP contribution in [0.1, 0.15) is 38.8 Å². The number of hydrogen-bond acceptors (Lipinski definition) is 3. The van der Waals surface area contributed by atoms with E-state index in [9.17, 15) is 22.8 Å². The second kappa shape index (κ2) is 8.79. The fraction of sp³-hybridized carbons (Fsp3) is 0.182. The Labute approximate surface area is 175 Å². The van der Waals surface area contributed by atoms with Gasteiger partial charge in [0.1, 0.15) is 11.3 Å². The second-order valence-corrected chi connectivity index (χ2v) is 7.59. The summed E-state index contributed by atoms with van der Waals surface area (Å²) in [5.41, 5.74) is -0.0606. The van der Waals surface area contributed by atoms with Crippen molar-refractivity contribution in [3.05, 3.63) is 99.0 Å². The lowest BCUT2D eigenvalue weighted by atomic mass is 9.97. The summed E-state index contributed by atoms with van der Waals surface area (Å²) in [7, 11) is 0. The Morgan fingerprint density at radius 3 is 2.33 bits per heavy atom. The largest absolute Gasteiger partial charge is 0.431 e. The van der Waals surface area contributed by atoms with Crippen LogP contribution in [-0.4, -0.2) is 17.1 Å². The zero-order valence-electron chi connectivity index (χ0n) is 16.2. The first kappa shape index (κ1) is 21.7. The molecule has 1 amide bonds. The molecule has 0 fully saturated rings. The maximum atomic E-state index is 12.8. The number of carbonyl (C=O) groups excluding carboxylic acids is 1. The third-order valence-electron chi connectivity index (χ3n) is 4.57. The van der Waals surface area contributed by atoms with Crippen LogP contribution in [0.4, 0.5) is 13.2 Å². The van der Waals surface area contributed by atoms with Crippen LogP contribution in [0.15, 0.2) is 70.4 Å². The topological polar surface area (TPSA) is 62.0 Å². The van der Waals surface area contributed by atoms with E-state index in [1.54, 1.807) is 16.7 Å². The minimum absolute atomic E-state index is 0.388.